The molecule has 0 fully saturated rings. The minimum absolute atomic E-state index is 0.00479. The van der Waals surface area contributed by atoms with E-state index in [9.17, 15) is 4.79 Å². The number of halogens is 2. The molecule has 1 rings (SSSR count). The average molecular weight is 260 g/mol. The molecule has 1 aromatic rings. The zero-order valence-corrected chi connectivity index (χ0v) is 10.7. The normalized spacial score (nSPS) is 12.2. The van der Waals surface area contributed by atoms with E-state index in [0.29, 0.717) is 17.3 Å². The number of nitrogens with one attached hydrogen (secondary N) is 1. The Labute approximate surface area is 106 Å². The zero-order chi connectivity index (χ0) is 12.0. The number of rotatable bonds is 5. The minimum atomic E-state index is -0.00479. The molecule has 0 saturated carbocycles. The number of hydrogen-bond donors (Lipinski definition) is 1. The van der Waals surface area contributed by atoms with Gasteiger partial charge in [0, 0.05) is 16.9 Å². The van der Waals surface area contributed by atoms with E-state index in [0.717, 1.165) is 12.0 Å². The molecular weight excluding hydrogens is 245 g/mol. The summed E-state index contributed by atoms with van der Waals surface area (Å²) in [6.45, 7) is 2.00. The predicted octanol–water partition coefficient (Wildman–Crippen LogP) is 3.02. The van der Waals surface area contributed by atoms with Crippen LogP contribution in [-0.2, 0) is 11.2 Å². The first-order valence-electron chi connectivity index (χ1n) is 5.25. The topological polar surface area (TPSA) is 29.1 Å². The molecule has 0 aliphatic heterocycles. The lowest BCUT2D eigenvalue weighted by Gasteiger charge is -2.13. The van der Waals surface area contributed by atoms with E-state index in [1.54, 1.807) is 12.1 Å². The molecule has 1 aromatic carbocycles. The van der Waals surface area contributed by atoms with E-state index in [4.69, 9.17) is 23.2 Å². The van der Waals surface area contributed by atoms with Gasteiger partial charge in [0.2, 0.25) is 5.91 Å². The molecule has 2 nitrogen and oxygen atoms in total. The Bertz CT molecular complexity index is 333. The highest BCUT2D eigenvalue weighted by Gasteiger charge is 2.09. The van der Waals surface area contributed by atoms with Gasteiger partial charge < -0.3 is 5.32 Å². The number of carbonyl (C=O) groups excluding carboxylic acids is 1. The number of benzene rings is 1. The van der Waals surface area contributed by atoms with Gasteiger partial charge in [-0.15, -0.1) is 11.6 Å². The highest BCUT2D eigenvalue weighted by atomic mass is 35.5. The number of hydrogen-bond acceptors (Lipinski definition) is 1. The fourth-order valence-electron chi connectivity index (χ4n) is 1.32. The molecule has 0 saturated heterocycles. The molecule has 16 heavy (non-hydrogen) atoms. The molecule has 88 valence electrons. The average Bonchev–Trinajstić information content (AvgIpc) is 2.29. The van der Waals surface area contributed by atoms with E-state index in [2.05, 4.69) is 5.32 Å². The molecule has 0 aliphatic carbocycles. The lowest BCUT2D eigenvalue weighted by Crippen LogP contribution is -2.36. The summed E-state index contributed by atoms with van der Waals surface area (Å²) >= 11 is 11.5. The van der Waals surface area contributed by atoms with Crippen LogP contribution in [0.4, 0.5) is 0 Å². The summed E-state index contributed by atoms with van der Waals surface area (Å²) in [6, 6.07) is 7.32. The maximum absolute atomic E-state index is 11.6. The summed E-state index contributed by atoms with van der Waals surface area (Å²) in [5.41, 5.74) is 0.950. The summed E-state index contributed by atoms with van der Waals surface area (Å²) in [6.07, 6.45) is 1.21. The van der Waals surface area contributed by atoms with Crippen LogP contribution in [0.25, 0.3) is 0 Å². The van der Waals surface area contributed by atoms with Gasteiger partial charge in [-0.25, -0.2) is 0 Å². The van der Waals surface area contributed by atoms with Gasteiger partial charge in [-0.1, -0.05) is 30.7 Å². The molecule has 0 bridgehead atoms. The molecule has 1 atom stereocenters. The maximum atomic E-state index is 11.6. The van der Waals surface area contributed by atoms with Crippen molar-refractivity contribution < 1.29 is 4.79 Å². The third-order valence-electron chi connectivity index (χ3n) is 2.32. The Kier molecular flexibility index (Phi) is 5.64. The fraction of sp³-hybridized carbons (Fsp3) is 0.417. The molecule has 0 spiro atoms. The third-order valence-corrected chi connectivity index (χ3v) is 2.95. The summed E-state index contributed by atoms with van der Waals surface area (Å²) in [7, 11) is 0. The summed E-state index contributed by atoms with van der Waals surface area (Å²) in [4.78, 5) is 11.6. The van der Waals surface area contributed by atoms with Crippen molar-refractivity contribution in [3.8, 4) is 0 Å². The Morgan fingerprint density at radius 2 is 2.00 bits per heavy atom. The number of carbonyl (C=O) groups is 1. The minimum Gasteiger partial charge on any atom is -0.352 e. The predicted molar refractivity (Wildman–Crippen MR) is 68.1 cm³/mol. The van der Waals surface area contributed by atoms with Gasteiger partial charge in [0.1, 0.15) is 0 Å². The molecule has 0 aromatic heterocycles. The second-order valence-electron chi connectivity index (χ2n) is 3.63. The van der Waals surface area contributed by atoms with Crippen molar-refractivity contribution in [2.75, 3.05) is 5.88 Å². The Balaban J connectivity index is 2.48. The third kappa shape index (κ3) is 4.42. The van der Waals surface area contributed by atoms with Gasteiger partial charge in [-0.3, -0.25) is 4.79 Å². The van der Waals surface area contributed by atoms with Crippen molar-refractivity contribution in [2.45, 2.75) is 25.8 Å². The zero-order valence-electron chi connectivity index (χ0n) is 9.17. The Morgan fingerprint density at radius 1 is 1.38 bits per heavy atom. The highest BCUT2D eigenvalue weighted by molar-refractivity contribution is 6.30. The van der Waals surface area contributed by atoms with E-state index < -0.39 is 0 Å². The van der Waals surface area contributed by atoms with Crippen molar-refractivity contribution in [3.05, 3.63) is 34.9 Å². The van der Waals surface area contributed by atoms with Gasteiger partial charge in [0.25, 0.3) is 0 Å². The number of amides is 1. The van der Waals surface area contributed by atoms with Crippen LogP contribution in [0.5, 0.6) is 0 Å². The van der Waals surface area contributed by atoms with Gasteiger partial charge >= 0.3 is 0 Å². The van der Waals surface area contributed by atoms with Gasteiger partial charge in [0.05, 0.1) is 6.42 Å². The molecule has 0 heterocycles. The van der Waals surface area contributed by atoms with Crippen LogP contribution in [0.2, 0.25) is 5.02 Å². The molecule has 0 radical (unpaired) electrons. The smallest absolute Gasteiger partial charge is 0.224 e. The summed E-state index contributed by atoms with van der Waals surface area (Å²) in [5.74, 6) is 0.442. The molecule has 1 unspecified atom stereocenters. The van der Waals surface area contributed by atoms with Crippen molar-refractivity contribution in [2.24, 2.45) is 0 Å². The quantitative estimate of drug-likeness (QED) is 0.810. The van der Waals surface area contributed by atoms with Crippen LogP contribution in [0, 0.1) is 0 Å². The molecule has 1 N–H and O–H groups in total. The van der Waals surface area contributed by atoms with E-state index in [1.807, 2.05) is 19.1 Å². The Morgan fingerprint density at radius 3 is 2.50 bits per heavy atom. The van der Waals surface area contributed by atoms with Crippen molar-refractivity contribution in [1.29, 1.82) is 0 Å². The van der Waals surface area contributed by atoms with E-state index in [1.165, 1.54) is 0 Å². The Hall–Kier alpha value is -0.730. The fourth-order valence-corrected chi connectivity index (χ4v) is 1.74. The first-order chi connectivity index (χ1) is 7.65. The molecule has 4 heteroatoms. The van der Waals surface area contributed by atoms with Gasteiger partial charge in [-0.2, -0.15) is 0 Å². The second kappa shape index (κ2) is 6.77. The first-order valence-corrected chi connectivity index (χ1v) is 6.16. The van der Waals surface area contributed by atoms with Crippen LogP contribution in [0.1, 0.15) is 18.9 Å². The van der Waals surface area contributed by atoms with Crippen LogP contribution in [0.15, 0.2) is 24.3 Å². The largest absolute Gasteiger partial charge is 0.352 e. The van der Waals surface area contributed by atoms with Crippen LogP contribution in [0.3, 0.4) is 0 Å². The van der Waals surface area contributed by atoms with Crippen molar-refractivity contribution in [3.63, 3.8) is 0 Å². The lowest BCUT2D eigenvalue weighted by molar-refractivity contribution is -0.121. The second-order valence-corrected chi connectivity index (χ2v) is 4.38. The SMILES string of the molecule is CCC(CCl)NC(=O)Cc1ccc(Cl)cc1. The summed E-state index contributed by atoms with van der Waals surface area (Å²) in [5, 5.41) is 3.55. The highest BCUT2D eigenvalue weighted by Crippen LogP contribution is 2.10. The molecular formula is C12H15Cl2NO. The van der Waals surface area contributed by atoms with Gasteiger partial charge in [-0.05, 0) is 24.1 Å². The monoisotopic (exact) mass is 259 g/mol. The molecule has 1 amide bonds. The van der Waals surface area contributed by atoms with Gasteiger partial charge in [0.15, 0.2) is 0 Å². The summed E-state index contributed by atoms with van der Waals surface area (Å²) < 4.78 is 0. The van der Waals surface area contributed by atoms with E-state index in [-0.39, 0.29) is 11.9 Å². The van der Waals surface area contributed by atoms with Crippen molar-refractivity contribution in [1.82, 2.24) is 5.32 Å². The van der Waals surface area contributed by atoms with E-state index >= 15 is 0 Å². The molecule has 0 aliphatic rings. The first kappa shape index (κ1) is 13.3. The van der Waals surface area contributed by atoms with Crippen LogP contribution >= 0.6 is 23.2 Å². The number of alkyl halides is 1. The maximum Gasteiger partial charge on any atom is 0.224 e. The van der Waals surface area contributed by atoms with Crippen molar-refractivity contribution >= 4 is 29.1 Å². The standard InChI is InChI=1S/C12H15Cl2NO/c1-2-11(8-13)15-12(16)7-9-3-5-10(14)6-4-9/h3-6,11H,2,7-8H2,1H3,(H,15,16). The van der Waals surface area contributed by atoms with Crippen LogP contribution < -0.4 is 5.32 Å². The van der Waals surface area contributed by atoms with Crippen LogP contribution in [-0.4, -0.2) is 17.8 Å². The lowest BCUT2D eigenvalue weighted by atomic mass is 10.1.